The van der Waals surface area contributed by atoms with E-state index in [4.69, 9.17) is 4.74 Å². The molecule has 0 aliphatic heterocycles. The van der Waals surface area contributed by atoms with E-state index in [0.717, 1.165) is 17.7 Å². The van der Waals surface area contributed by atoms with Gasteiger partial charge in [0.15, 0.2) is 0 Å². The Bertz CT molecular complexity index is 575. The van der Waals surface area contributed by atoms with Crippen LogP contribution in [0.1, 0.15) is 28.4 Å². The van der Waals surface area contributed by atoms with Gasteiger partial charge in [-0.2, -0.15) is 0 Å². The maximum atomic E-state index is 10.3. The van der Waals surface area contributed by atoms with E-state index in [-0.39, 0.29) is 0 Å². The monoisotopic (exact) mass is 240 g/mol. The summed E-state index contributed by atoms with van der Waals surface area (Å²) in [5, 5.41) is 10.3. The molecule has 1 aliphatic rings. The van der Waals surface area contributed by atoms with Gasteiger partial charge in [0.1, 0.15) is 5.75 Å². The van der Waals surface area contributed by atoms with Gasteiger partial charge in [-0.1, -0.05) is 30.3 Å². The standard InChI is InChI=1S/C16H16O2/c1-18-14-7-6-11-10-16(17)15-5-3-2-4-12(15)8-13(11)9-14/h2-7,9,16-17H,8,10H2,1H3. The van der Waals surface area contributed by atoms with E-state index in [1.807, 2.05) is 24.3 Å². The van der Waals surface area contributed by atoms with Crippen LogP contribution in [0.4, 0.5) is 0 Å². The van der Waals surface area contributed by atoms with Crippen LogP contribution in [-0.4, -0.2) is 12.2 Å². The summed E-state index contributed by atoms with van der Waals surface area (Å²) in [7, 11) is 1.68. The minimum atomic E-state index is -0.407. The first-order chi connectivity index (χ1) is 8.78. The lowest BCUT2D eigenvalue weighted by Gasteiger charge is -2.11. The third-order valence-electron chi connectivity index (χ3n) is 3.62. The van der Waals surface area contributed by atoms with Gasteiger partial charge in [-0.25, -0.2) is 0 Å². The first kappa shape index (κ1) is 11.3. The van der Waals surface area contributed by atoms with Gasteiger partial charge in [-0.05, 0) is 40.8 Å². The Balaban J connectivity index is 2.10. The Kier molecular flexibility index (Phi) is 2.80. The zero-order valence-corrected chi connectivity index (χ0v) is 10.4. The van der Waals surface area contributed by atoms with E-state index in [2.05, 4.69) is 18.2 Å². The second-order valence-electron chi connectivity index (χ2n) is 4.73. The summed E-state index contributed by atoms with van der Waals surface area (Å²) in [6.45, 7) is 0. The lowest BCUT2D eigenvalue weighted by atomic mass is 10.00. The molecule has 0 saturated carbocycles. The fourth-order valence-corrected chi connectivity index (χ4v) is 2.64. The van der Waals surface area contributed by atoms with Crippen LogP contribution in [0.5, 0.6) is 5.75 Å². The van der Waals surface area contributed by atoms with E-state index in [0.29, 0.717) is 6.42 Å². The number of benzene rings is 2. The first-order valence-corrected chi connectivity index (χ1v) is 6.19. The second kappa shape index (κ2) is 4.46. The third kappa shape index (κ3) is 1.89. The Morgan fingerprint density at radius 1 is 1.06 bits per heavy atom. The molecule has 1 unspecified atom stereocenters. The molecule has 0 amide bonds. The Morgan fingerprint density at radius 3 is 2.72 bits per heavy atom. The van der Waals surface area contributed by atoms with Crippen molar-refractivity contribution in [1.29, 1.82) is 0 Å². The molecular weight excluding hydrogens is 224 g/mol. The minimum absolute atomic E-state index is 0.407. The summed E-state index contributed by atoms with van der Waals surface area (Å²) < 4.78 is 5.27. The fourth-order valence-electron chi connectivity index (χ4n) is 2.64. The molecule has 0 radical (unpaired) electrons. The maximum Gasteiger partial charge on any atom is 0.119 e. The average molecular weight is 240 g/mol. The van der Waals surface area contributed by atoms with Crippen LogP contribution >= 0.6 is 0 Å². The van der Waals surface area contributed by atoms with E-state index < -0.39 is 6.10 Å². The third-order valence-corrected chi connectivity index (χ3v) is 3.62. The number of hydrogen-bond acceptors (Lipinski definition) is 2. The van der Waals surface area contributed by atoms with E-state index in [1.54, 1.807) is 7.11 Å². The zero-order chi connectivity index (χ0) is 12.5. The van der Waals surface area contributed by atoms with Crippen molar-refractivity contribution in [2.75, 3.05) is 7.11 Å². The lowest BCUT2D eigenvalue weighted by molar-refractivity contribution is 0.178. The topological polar surface area (TPSA) is 29.5 Å². The first-order valence-electron chi connectivity index (χ1n) is 6.19. The lowest BCUT2D eigenvalue weighted by Crippen LogP contribution is -2.01. The molecule has 92 valence electrons. The molecule has 0 bridgehead atoms. The number of aliphatic hydroxyl groups is 1. The molecule has 0 aromatic heterocycles. The Morgan fingerprint density at radius 2 is 1.89 bits per heavy atom. The molecule has 1 N–H and O–H groups in total. The van der Waals surface area contributed by atoms with Gasteiger partial charge in [-0.15, -0.1) is 0 Å². The molecule has 2 nitrogen and oxygen atoms in total. The molecule has 1 atom stereocenters. The summed E-state index contributed by atoms with van der Waals surface area (Å²) in [5.41, 5.74) is 4.71. The zero-order valence-electron chi connectivity index (χ0n) is 10.4. The quantitative estimate of drug-likeness (QED) is 0.830. The highest BCUT2D eigenvalue weighted by atomic mass is 16.5. The number of aliphatic hydroxyl groups excluding tert-OH is 1. The van der Waals surface area contributed by atoms with Crippen molar-refractivity contribution in [2.24, 2.45) is 0 Å². The molecule has 0 fully saturated rings. The normalized spacial score (nSPS) is 17.6. The highest BCUT2D eigenvalue weighted by Gasteiger charge is 2.19. The van der Waals surface area contributed by atoms with Gasteiger partial charge in [0.05, 0.1) is 13.2 Å². The number of ether oxygens (including phenoxy) is 1. The smallest absolute Gasteiger partial charge is 0.119 e. The predicted molar refractivity (Wildman–Crippen MR) is 70.9 cm³/mol. The van der Waals surface area contributed by atoms with Crippen molar-refractivity contribution in [2.45, 2.75) is 18.9 Å². The van der Waals surface area contributed by atoms with Gasteiger partial charge in [0.2, 0.25) is 0 Å². The summed E-state index contributed by atoms with van der Waals surface area (Å²) in [6, 6.07) is 14.2. The van der Waals surface area contributed by atoms with Crippen molar-refractivity contribution in [3.63, 3.8) is 0 Å². The summed E-state index contributed by atoms with van der Waals surface area (Å²) in [6.07, 6.45) is 1.13. The van der Waals surface area contributed by atoms with E-state index in [9.17, 15) is 5.11 Å². The molecular formula is C16H16O2. The molecule has 0 heterocycles. The summed E-state index contributed by atoms with van der Waals surface area (Å²) in [4.78, 5) is 0. The van der Waals surface area contributed by atoms with Crippen molar-refractivity contribution in [3.05, 3.63) is 64.7 Å². The maximum absolute atomic E-state index is 10.3. The number of hydrogen-bond donors (Lipinski definition) is 1. The van der Waals surface area contributed by atoms with E-state index in [1.165, 1.54) is 16.7 Å². The molecule has 2 aromatic rings. The molecule has 3 rings (SSSR count). The van der Waals surface area contributed by atoms with Crippen molar-refractivity contribution in [3.8, 4) is 5.75 Å². The van der Waals surface area contributed by atoms with Crippen LogP contribution in [0, 0.1) is 0 Å². The second-order valence-corrected chi connectivity index (χ2v) is 4.73. The van der Waals surface area contributed by atoms with Crippen LogP contribution in [0.2, 0.25) is 0 Å². The van der Waals surface area contributed by atoms with Crippen LogP contribution in [0.25, 0.3) is 0 Å². The SMILES string of the molecule is COc1ccc2c(c1)Cc1ccccc1C(O)C2. The molecule has 0 saturated heterocycles. The van der Waals surface area contributed by atoms with E-state index >= 15 is 0 Å². The molecule has 2 heteroatoms. The highest BCUT2D eigenvalue weighted by molar-refractivity contribution is 5.44. The van der Waals surface area contributed by atoms with Crippen LogP contribution in [0.3, 0.4) is 0 Å². The van der Waals surface area contributed by atoms with Gasteiger partial charge in [0, 0.05) is 6.42 Å². The van der Waals surface area contributed by atoms with Crippen molar-refractivity contribution >= 4 is 0 Å². The van der Waals surface area contributed by atoms with Crippen LogP contribution in [0.15, 0.2) is 42.5 Å². The highest BCUT2D eigenvalue weighted by Crippen LogP contribution is 2.31. The largest absolute Gasteiger partial charge is 0.497 e. The van der Waals surface area contributed by atoms with Crippen LogP contribution in [-0.2, 0) is 12.8 Å². The number of methoxy groups -OCH3 is 1. The van der Waals surface area contributed by atoms with Gasteiger partial charge < -0.3 is 9.84 Å². The van der Waals surface area contributed by atoms with Crippen molar-refractivity contribution < 1.29 is 9.84 Å². The number of rotatable bonds is 1. The summed E-state index contributed by atoms with van der Waals surface area (Å²) in [5.74, 6) is 0.877. The Labute approximate surface area is 107 Å². The average Bonchev–Trinajstić information content (AvgIpc) is 2.54. The molecule has 1 aliphatic carbocycles. The molecule has 2 aromatic carbocycles. The molecule has 0 spiro atoms. The van der Waals surface area contributed by atoms with Gasteiger partial charge in [0.25, 0.3) is 0 Å². The van der Waals surface area contributed by atoms with Crippen LogP contribution < -0.4 is 4.74 Å². The Hall–Kier alpha value is -1.80. The van der Waals surface area contributed by atoms with Gasteiger partial charge in [-0.3, -0.25) is 0 Å². The van der Waals surface area contributed by atoms with Gasteiger partial charge >= 0.3 is 0 Å². The predicted octanol–water partition coefficient (Wildman–Crippen LogP) is 2.88. The fraction of sp³-hybridized carbons (Fsp3) is 0.250. The minimum Gasteiger partial charge on any atom is -0.497 e. The summed E-state index contributed by atoms with van der Waals surface area (Å²) >= 11 is 0. The number of fused-ring (bicyclic) bond motifs is 2. The molecule has 18 heavy (non-hydrogen) atoms. The van der Waals surface area contributed by atoms with Crippen molar-refractivity contribution in [1.82, 2.24) is 0 Å².